The molecule has 2 aliphatic rings. The molecule has 4 amide bonds. The average Bonchev–Trinajstić information content (AvgIpc) is 3.29. The SMILES string of the molecule is COc1ccc2c(c1)C(=O)N(C[C@@]1(c3ccc(C#N)cc3)NC(=O)N(COCC[Si](C)(C)C)C1=O)C2. The number of carbonyl (C=O) groups excluding carboxylic acids is 3. The summed E-state index contributed by atoms with van der Waals surface area (Å²) < 4.78 is 11.0. The first-order chi connectivity index (χ1) is 17.1. The smallest absolute Gasteiger partial charge is 0.327 e. The van der Waals surface area contributed by atoms with Gasteiger partial charge in [0.15, 0.2) is 5.54 Å². The minimum atomic E-state index is -1.50. The van der Waals surface area contributed by atoms with Gasteiger partial charge in [-0.25, -0.2) is 9.69 Å². The molecule has 0 radical (unpaired) electrons. The van der Waals surface area contributed by atoms with Crippen LogP contribution in [0.1, 0.15) is 27.0 Å². The van der Waals surface area contributed by atoms with Gasteiger partial charge in [-0.05, 0) is 41.4 Å². The summed E-state index contributed by atoms with van der Waals surface area (Å²) in [6.45, 7) is 7.19. The average molecular weight is 507 g/mol. The van der Waals surface area contributed by atoms with Crippen molar-refractivity contribution in [1.82, 2.24) is 15.1 Å². The number of nitrogens with one attached hydrogen (secondary N) is 1. The second-order valence-corrected chi connectivity index (χ2v) is 15.9. The number of nitriles is 1. The molecule has 10 heteroatoms. The van der Waals surface area contributed by atoms with Gasteiger partial charge in [0, 0.05) is 26.8 Å². The number of nitrogens with zero attached hydrogens (tertiary/aromatic N) is 3. The molecule has 4 rings (SSSR count). The lowest BCUT2D eigenvalue weighted by Gasteiger charge is -2.32. The van der Waals surface area contributed by atoms with Gasteiger partial charge in [-0.1, -0.05) is 37.8 Å². The van der Waals surface area contributed by atoms with Crippen molar-refractivity contribution in [2.24, 2.45) is 0 Å². The molecular weight excluding hydrogens is 476 g/mol. The van der Waals surface area contributed by atoms with Gasteiger partial charge in [-0.2, -0.15) is 5.26 Å². The Morgan fingerprint density at radius 3 is 2.47 bits per heavy atom. The molecule has 0 bridgehead atoms. The number of rotatable bonds is 9. The first-order valence-corrected chi connectivity index (χ1v) is 15.5. The van der Waals surface area contributed by atoms with E-state index >= 15 is 0 Å². The van der Waals surface area contributed by atoms with E-state index in [0.717, 1.165) is 16.5 Å². The number of methoxy groups -OCH3 is 1. The Kier molecular flexibility index (Phi) is 6.89. The predicted octanol–water partition coefficient (Wildman–Crippen LogP) is 3.28. The third-order valence-corrected chi connectivity index (χ3v) is 8.23. The molecule has 0 aromatic heterocycles. The lowest BCUT2D eigenvalue weighted by molar-refractivity contribution is -0.135. The molecule has 1 atom stereocenters. The Hall–Kier alpha value is -3.68. The van der Waals surface area contributed by atoms with Crippen LogP contribution >= 0.6 is 0 Å². The van der Waals surface area contributed by atoms with Crippen LogP contribution in [0, 0.1) is 11.3 Å². The fraction of sp³-hybridized carbons (Fsp3) is 0.385. The summed E-state index contributed by atoms with van der Waals surface area (Å²) in [5.74, 6) is -0.173. The Bertz CT molecular complexity index is 1230. The van der Waals surface area contributed by atoms with E-state index in [2.05, 4.69) is 31.0 Å². The molecule has 0 spiro atoms. The van der Waals surface area contributed by atoms with Crippen LogP contribution in [0.2, 0.25) is 25.7 Å². The van der Waals surface area contributed by atoms with Crippen molar-refractivity contribution in [3.8, 4) is 11.8 Å². The minimum absolute atomic E-state index is 0.0648. The maximum absolute atomic E-state index is 13.8. The van der Waals surface area contributed by atoms with Crippen LogP contribution in [0.15, 0.2) is 42.5 Å². The van der Waals surface area contributed by atoms with Crippen molar-refractivity contribution in [1.29, 1.82) is 5.26 Å². The zero-order valence-corrected chi connectivity index (χ0v) is 22.0. The van der Waals surface area contributed by atoms with E-state index in [1.165, 1.54) is 7.11 Å². The van der Waals surface area contributed by atoms with Gasteiger partial charge in [0.1, 0.15) is 12.5 Å². The van der Waals surface area contributed by atoms with Crippen LogP contribution in [-0.4, -0.2) is 62.7 Å². The predicted molar refractivity (Wildman–Crippen MR) is 135 cm³/mol. The molecule has 2 aliphatic heterocycles. The number of benzene rings is 2. The van der Waals surface area contributed by atoms with Crippen molar-refractivity contribution in [2.45, 2.75) is 37.8 Å². The lowest BCUT2D eigenvalue weighted by atomic mass is 9.88. The maximum Gasteiger partial charge on any atom is 0.327 e. The second kappa shape index (κ2) is 9.76. The third kappa shape index (κ3) is 4.85. The van der Waals surface area contributed by atoms with Crippen molar-refractivity contribution in [2.75, 3.05) is 27.0 Å². The number of hydrogen-bond acceptors (Lipinski definition) is 6. The maximum atomic E-state index is 13.8. The van der Waals surface area contributed by atoms with E-state index in [4.69, 9.17) is 9.47 Å². The molecule has 2 aromatic rings. The van der Waals surface area contributed by atoms with Crippen molar-refractivity contribution < 1.29 is 23.9 Å². The number of carbonyl (C=O) groups is 3. The quantitative estimate of drug-likeness (QED) is 0.317. The Morgan fingerprint density at radius 2 is 1.83 bits per heavy atom. The highest BCUT2D eigenvalue weighted by atomic mass is 28.3. The summed E-state index contributed by atoms with van der Waals surface area (Å²) in [4.78, 5) is 42.7. The van der Waals surface area contributed by atoms with Gasteiger partial charge in [0.25, 0.3) is 11.8 Å². The van der Waals surface area contributed by atoms with Crippen molar-refractivity contribution in [3.63, 3.8) is 0 Å². The van der Waals surface area contributed by atoms with E-state index in [9.17, 15) is 19.6 Å². The van der Waals surface area contributed by atoms with Crippen LogP contribution in [-0.2, 0) is 21.6 Å². The number of amides is 4. The molecule has 1 N–H and O–H groups in total. The van der Waals surface area contributed by atoms with Crippen LogP contribution in [0.25, 0.3) is 0 Å². The second-order valence-electron chi connectivity index (χ2n) is 10.3. The van der Waals surface area contributed by atoms with E-state index in [1.807, 2.05) is 6.07 Å². The van der Waals surface area contributed by atoms with Gasteiger partial charge < -0.3 is 19.7 Å². The van der Waals surface area contributed by atoms with Crippen LogP contribution in [0.4, 0.5) is 4.79 Å². The van der Waals surface area contributed by atoms with Gasteiger partial charge >= 0.3 is 6.03 Å². The first kappa shape index (κ1) is 25.4. The van der Waals surface area contributed by atoms with Gasteiger partial charge in [-0.15, -0.1) is 0 Å². The number of urea groups is 1. The van der Waals surface area contributed by atoms with Gasteiger partial charge in [-0.3, -0.25) is 9.59 Å². The molecular formula is C26H30N4O5Si. The van der Waals surface area contributed by atoms with E-state index < -0.39 is 25.6 Å². The minimum Gasteiger partial charge on any atom is -0.497 e. The van der Waals surface area contributed by atoms with Crippen LogP contribution in [0.5, 0.6) is 5.75 Å². The lowest BCUT2D eigenvalue weighted by Crippen LogP contribution is -2.53. The zero-order valence-electron chi connectivity index (χ0n) is 21.0. The van der Waals surface area contributed by atoms with Gasteiger partial charge in [0.2, 0.25) is 0 Å². The van der Waals surface area contributed by atoms with Gasteiger partial charge in [0.05, 0.1) is 25.3 Å². The van der Waals surface area contributed by atoms with Crippen LogP contribution < -0.4 is 10.1 Å². The fourth-order valence-corrected chi connectivity index (χ4v) is 5.14. The molecule has 188 valence electrons. The topological polar surface area (TPSA) is 112 Å². The number of imide groups is 1. The highest BCUT2D eigenvalue weighted by Crippen LogP contribution is 2.34. The van der Waals surface area contributed by atoms with Crippen LogP contribution in [0.3, 0.4) is 0 Å². The largest absolute Gasteiger partial charge is 0.497 e. The monoisotopic (exact) mass is 506 g/mol. The molecule has 36 heavy (non-hydrogen) atoms. The summed E-state index contributed by atoms with van der Waals surface area (Å²) in [6.07, 6.45) is 0. The highest BCUT2D eigenvalue weighted by molar-refractivity contribution is 6.76. The first-order valence-electron chi connectivity index (χ1n) is 11.8. The normalized spacial score (nSPS) is 19.4. The Balaban J connectivity index is 1.62. The molecule has 0 saturated carbocycles. The van der Waals surface area contributed by atoms with Crippen molar-refractivity contribution in [3.05, 3.63) is 64.7 Å². The van der Waals surface area contributed by atoms with Crippen molar-refractivity contribution >= 4 is 25.9 Å². The number of hydrogen-bond donors (Lipinski definition) is 1. The summed E-state index contributed by atoms with van der Waals surface area (Å²) in [5.41, 5.74) is 0.737. The highest BCUT2D eigenvalue weighted by Gasteiger charge is 2.54. The number of fused-ring (bicyclic) bond motifs is 1. The Labute approximate surface area is 211 Å². The standard InChI is InChI=1S/C26H30N4O5Si/c1-34-21-10-7-19-15-29(23(31)22(19)13-21)16-26(20-8-5-18(14-27)6-9-20)24(32)30(25(33)28-26)17-35-11-12-36(2,3)4/h5-10,13H,11-12,15-17H2,1-4H3,(H,28,33)/t26-/m0/s1. The Morgan fingerprint density at radius 1 is 1.11 bits per heavy atom. The molecule has 2 heterocycles. The molecule has 9 nitrogen and oxygen atoms in total. The third-order valence-electron chi connectivity index (χ3n) is 6.52. The van der Waals surface area contributed by atoms with E-state index in [0.29, 0.717) is 35.6 Å². The fourth-order valence-electron chi connectivity index (χ4n) is 4.38. The molecule has 0 aliphatic carbocycles. The van der Waals surface area contributed by atoms with E-state index in [-0.39, 0.29) is 19.2 Å². The van der Waals surface area contributed by atoms with E-state index in [1.54, 1.807) is 41.3 Å². The molecule has 2 aromatic carbocycles. The summed E-state index contributed by atoms with van der Waals surface area (Å²) in [6, 6.07) is 14.1. The molecule has 0 unspecified atom stereocenters. The summed E-state index contributed by atoms with van der Waals surface area (Å²) in [7, 11) is 0.197. The number of ether oxygens (including phenoxy) is 2. The zero-order chi connectivity index (χ0) is 26.1. The summed E-state index contributed by atoms with van der Waals surface area (Å²) >= 11 is 0. The molecule has 1 saturated heterocycles. The summed E-state index contributed by atoms with van der Waals surface area (Å²) in [5, 5.41) is 12.0. The molecule has 1 fully saturated rings.